The van der Waals surface area contributed by atoms with Crippen molar-refractivity contribution in [3.05, 3.63) is 143 Å². The predicted molar refractivity (Wildman–Crippen MR) is 184 cm³/mol. The van der Waals surface area contributed by atoms with Crippen LogP contribution in [-0.4, -0.2) is 17.8 Å². The third-order valence-electron chi connectivity index (χ3n) is 9.99. The van der Waals surface area contributed by atoms with Gasteiger partial charge in [-0.25, -0.2) is 4.57 Å². The summed E-state index contributed by atoms with van der Waals surface area (Å²) in [5.41, 5.74) is 13.2. The quantitative estimate of drug-likeness (QED) is 0.191. The lowest BCUT2D eigenvalue weighted by molar-refractivity contribution is -0.657. The van der Waals surface area contributed by atoms with Crippen LogP contribution in [0.5, 0.6) is 0 Å². The molecule has 0 fully saturated rings. The highest BCUT2D eigenvalue weighted by molar-refractivity contribution is 5.82. The molecule has 1 aromatic heterocycles. The molecule has 0 radical (unpaired) electrons. The van der Waals surface area contributed by atoms with Gasteiger partial charge in [-0.1, -0.05) is 91.0 Å². The van der Waals surface area contributed by atoms with Gasteiger partial charge in [-0.05, 0) is 92.3 Å². The average molecular weight is 578 g/mol. The van der Waals surface area contributed by atoms with Crippen LogP contribution in [0.15, 0.2) is 115 Å². The number of benzene rings is 5. The average Bonchev–Trinajstić information content (AvgIpc) is 3.47. The first-order chi connectivity index (χ1) is 21.2. The van der Waals surface area contributed by atoms with E-state index >= 15 is 0 Å². The number of aromatic nitrogens is 2. The molecule has 1 aliphatic rings. The van der Waals surface area contributed by atoms with Crippen LogP contribution >= 0.6 is 0 Å². The maximum Gasteiger partial charge on any atom is 0.293 e. The van der Waals surface area contributed by atoms with E-state index in [0.717, 1.165) is 0 Å². The van der Waals surface area contributed by atoms with Crippen molar-refractivity contribution in [1.82, 2.24) is 4.57 Å². The normalized spacial score (nSPS) is 15.9. The summed E-state index contributed by atoms with van der Waals surface area (Å²) in [5.74, 6) is 1.22. The Labute approximate surface area is 261 Å². The molecular formula is C40H41N4+. The molecule has 1 unspecified atom stereocenters. The topological polar surface area (TPSA) is 15.3 Å². The van der Waals surface area contributed by atoms with Gasteiger partial charge in [-0.15, -0.1) is 0 Å². The zero-order chi connectivity index (χ0) is 30.7. The Morgan fingerprint density at radius 2 is 1.30 bits per heavy atom. The van der Waals surface area contributed by atoms with E-state index in [1.54, 1.807) is 0 Å². The number of para-hydroxylation sites is 5. The summed E-state index contributed by atoms with van der Waals surface area (Å²) in [7, 11) is 4.46. The molecule has 1 aliphatic heterocycles. The van der Waals surface area contributed by atoms with Gasteiger partial charge >= 0.3 is 0 Å². The van der Waals surface area contributed by atoms with Crippen molar-refractivity contribution in [2.45, 2.75) is 46.3 Å². The Kier molecular flexibility index (Phi) is 6.62. The van der Waals surface area contributed by atoms with E-state index in [4.69, 9.17) is 0 Å². The number of hydrogen-bond acceptors (Lipinski definition) is 2. The molecule has 0 amide bonds. The minimum absolute atomic E-state index is 0.113. The number of hydrogen-bond donors (Lipinski definition) is 0. The number of fused-ring (bicyclic) bond motifs is 2. The van der Waals surface area contributed by atoms with Crippen LogP contribution in [0, 0.1) is 20.8 Å². The van der Waals surface area contributed by atoms with Crippen molar-refractivity contribution in [3.8, 4) is 16.8 Å². The summed E-state index contributed by atoms with van der Waals surface area (Å²) in [4.78, 5) is 5.06. The lowest BCUT2D eigenvalue weighted by Crippen LogP contribution is -2.57. The van der Waals surface area contributed by atoms with Gasteiger partial charge in [-0.2, -0.15) is 4.57 Å². The highest BCUT2D eigenvalue weighted by Gasteiger charge is 2.53. The minimum Gasteiger partial charge on any atom is -0.353 e. The SMILES string of the molecule is Cc1cccc(C)c1-n1c(C(C)(c2cccc(-c3ccccc3)c2C)N2c3ccccc3N(C)[C@@H]2C)[n+](C)c2ccccc21. The van der Waals surface area contributed by atoms with Crippen molar-refractivity contribution in [2.24, 2.45) is 7.05 Å². The lowest BCUT2D eigenvalue weighted by atomic mass is 9.82. The van der Waals surface area contributed by atoms with Gasteiger partial charge in [0.25, 0.3) is 5.82 Å². The van der Waals surface area contributed by atoms with Crippen LogP contribution in [0.2, 0.25) is 0 Å². The summed E-state index contributed by atoms with van der Waals surface area (Å²) < 4.78 is 4.98. The molecule has 44 heavy (non-hydrogen) atoms. The first-order valence-electron chi connectivity index (χ1n) is 15.6. The van der Waals surface area contributed by atoms with E-state index in [-0.39, 0.29) is 6.17 Å². The van der Waals surface area contributed by atoms with E-state index in [2.05, 4.69) is 183 Å². The van der Waals surface area contributed by atoms with E-state index in [0.29, 0.717) is 0 Å². The molecule has 7 rings (SSSR count). The van der Waals surface area contributed by atoms with Gasteiger partial charge in [0, 0.05) is 7.05 Å². The van der Waals surface area contributed by atoms with E-state index in [9.17, 15) is 0 Å². The summed E-state index contributed by atoms with van der Waals surface area (Å²) in [6.07, 6.45) is 0.113. The second-order valence-electron chi connectivity index (χ2n) is 12.5. The van der Waals surface area contributed by atoms with E-state index < -0.39 is 5.54 Å². The zero-order valence-electron chi connectivity index (χ0n) is 26.8. The smallest absolute Gasteiger partial charge is 0.293 e. The largest absolute Gasteiger partial charge is 0.353 e. The van der Waals surface area contributed by atoms with Gasteiger partial charge in [-0.3, -0.25) is 0 Å². The molecule has 2 heterocycles. The number of imidazole rings is 1. The molecule has 4 heteroatoms. The summed E-state index contributed by atoms with van der Waals surface area (Å²) in [6.45, 7) is 11.6. The van der Waals surface area contributed by atoms with Crippen molar-refractivity contribution in [3.63, 3.8) is 0 Å². The van der Waals surface area contributed by atoms with Crippen molar-refractivity contribution in [1.29, 1.82) is 0 Å². The molecule has 0 aliphatic carbocycles. The van der Waals surface area contributed by atoms with Crippen molar-refractivity contribution in [2.75, 3.05) is 16.8 Å². The molecule has 5 aromatic carbocycles. The monoisotopic (exact) mass is 577 g/mol. The van der Waals surface area contributed by atoms with Crippen LogP contribution in [0.4, 0.5) is 11.4 Å². The van der Waals surface area contributed by atoms with Crippen LogP contribution in [-0.2, 0) is 12.6 Å². The summed E-state index contributed by atoms with van der Waals surface area (Å²) in [5, 5.41) is 0. The number of rotatable bonds is 5. The Morgan fingerprint density at radius 3 is 2.02 bits per heavy atom. The molecule has 0 spiro atoms. The second-order valence-corrected chi connectivity index (χ2v) is 12.5. The van der Waals surface area contributed by atoms with Crippen LogP contribution in [0.3, 0.4) is 0 Å². The minimum atomic E-state index is -0.572. The maximum absolute atomic E-state index is 2.65. The van der Waals surface area contributed by atoms with E-state index in [1.807, 2.05) is 0 Å². The molecule has 6 aromatic rings. The van der Waals surface area contributed by atoms with Crippen LogP contribution < -0.4 is 14.4 Å². The summed E-state index contributed by atoms with van der Waals surface area (Å²) in [6, 6.07) is 42.0. The summed E-state index contributed by atoms with van der Waals surface area (Å²) >= 11 is 0. The van der Waals surface area contributed by atoms with Crippen LogP contribution in [0.25, 0.3) is 27.8 Å². The van der Waals surface area contributed by atoms with Gasteiger partial charge < -0.3 is 9.80 Å². The van der Waals surface area contributed by atoms with Crippen LogP contribution in [0.1, 0.15) is 41.9 Å². The fourth-order valence-electron chi connectivity index (χ4n) is 7.85. The zero-order valence-corrected chi connectivity index (χ0v) is 26.8. The lowest BCUT2D eigenvalue weighted by Gasteiger charge is -2.43. The third-order valence-corrected chi connectivity index (χ3v) is 9.99. The Morgan fingerprint density at radius 1 is 0.682 bits per heavy atom. The van der Waals surface area contributed by atoms with Gasteiger partial charge in [0.15, 0.2) is 16.6 Å². The highest BCUT2D eigenvalue weighted by Crippen LogP contribution is 2.50. The van der Waals surface area contributed by atoms with Gasteiger partial charge in [0.05, 0.1) is 24.6 Å². The Balaban J connectivity index is 1.65. The van der Waals surface area contributed by atoms with Crippen molar-refractivity contribution < 1.29 is 4.57 Å². The molecule has 0 saturated heterocycles. The number of nitrogens with zero attached hydrogens (tertiary/aromatic N) is 4. The second kappa shape index (κ2) is 10.4. The first kappa shape index (κ1) is 28.0. The molecule has 0 saturated carbocycles. The van der Waals surface area contributed by atoms with Gasteiger partial charge in [0.2, 0.25) is 0 Å². The van der Waals surface area contributed by atoms with Crippen molar-refractivity contribution >= 4 is 22.4 Å². The van der Waals surface area contributed by atoms with E-state index in [1.165, 1.54) is 67.3 Å². The number of anilines is 2. The fraction of sp³-hybridized carbons (Fsp3) is 0.225. The maximum atomic E-state index is 2.65. The Hall–Kier alpha value is -4.83. The predicted octanol–water partition coefficient (Wildman–Crippen LogP) is 8.61. The molecule has 4 nitrogen and oxygen atoms in total. The Bertz CT molecular complexity index is 2000. The third kappa shape index (κ3) is 3.93. The standard InChI is InChI=1S/C40H41N4/c1-27-17-15-18-28(2)38(27)43-36-25-13-11-23-34(36)42(7)39(43)40(5,44-30(4)41(6)35-24-12-14-26-37(35)44)33-22-16-21-32(29(33)3)31-19-9-8-10-20-31/h8-26,30H,1-7H3/q+1/t30-,40?/m0/s1. The fourth-order valence-corrected chi connectivity index (χ4v) is 7.85. The molecular weight excluding hydrogens is 536 g/mol. The highest BCUT2D eigenvalue weighted by atomic mass is 15.4. The molecule has 0 bridgehead atoms. The first-order valence-corrected chi connectivity index (χ1v) is 15.6. The molecule has 2 atom stereocenters. The molecule has 0 N–H and O–H groups in total. The number of aryl methyl sites for hydroxylation is 3. The van der Waals surface area contributed by atoms with Gasteiger partial charge in [0.1, 0.15) is 5.69 Å². The molecule has 220 valence electrons.